The van der Waals surface area contributed by atoms with E-state index in [9.17, 15) is 9.59 Å². The van der Waals surface area contributed by atoms with E-state index >= 15 is 0 Å². The van der Waals surface area contributed by atoms with Gasteiger partial charge in [-0.2, -0.15) is 5.10 Å². The van der Waals surface area contributed by atoms with Crippen LogP contribution >= 0.6 is 0 Å². The highest BCUT2D eigenvalue weighted by Gasteiger charge is 2.32. The Morgan fingerprint density at radius 1 is 1.00 bits per heavy atom. The van der Waals surface area contributed by atoms with Crippen molar-refractivity contribution >= 4 is 11.5 Å². The van der Waals surface area contributed by atoms with Gasteiger partial charge in [0.1, 0.15) is 17.5 Å². The van der Waals surface area contributed by atoms with Gasteiger partial charge in [-0.3, -0.25) is 19.0 Å². The van der Waals surface area contributed by atoms with Gasteiger partial charge in [0.2, 0.25) is 0 Å². The van der Waals surface area contributed by atoms with Crippen LogP contribution in [0.2, 0.25) is 0 Å². The van der Waals surface area contributed by atoms with Crippen LogP contribution in [0.5, 0.6) is 0 Å². The third-order valence-corrected chi connectivity index (χ3v) is 5.07. The normalized spacial score (nSPS) is 18.5. The summed E-state index contributed by atoms with van der Waals surface area (Å²) in [6, 6.07) is 13.1. The quantitative estimate of drug-likeness (QED) is 0.550. The van der Waals surface area contributed by atoms with Crippen LogP contribution in [-0.2, 0) is 4.74 Å². The molecular weight excluding hydrogens is 384 g/mol. The molecule has 0 spiro atoms. The van der Waals surface area contributed by atoms with Crippen LogP contribution in [0.3, 0.4) is 0 Å². The molecule has 0 radical (unpaired) electrons. The van der Waals surface area contributed by atoms with Crippen molar-refractivity contribution in [2.45, 2.75) is 12.1 Å². The molecule has 2 unspecified atom stereocenters. The van der Waals surface area contributed by atoms with Crippen molar-refractivity contribution in [2.24, 2.45) is 0 Å². The third-order valence-electron chi connectivity index (χ3n) is 5.07. The lowest BCUT2D eigenvalue weighted by atomic mass is 10.1. The van der Waals surface area contributed by atoms with Gasteiger partial charge in [-0.1, -0.05) is 6.07 Å². The van der Waals surface area contributed by atoms with Crippen molar-refractivity contribution in [3.8, 4) is 11.3 Å². The highest BCUT2D eigenvalue weighted by molar-refractivity contribution is 5.57. The zero-order valence-corrected chi connectivity index (χ0v) is 15.9. The number of hydrogen-bond acceptors (Lipinski definition) is 7. The summed E-state index contributed by atoms with van der Waals surface area (Å²) in [6.07, 6.45) is 5.03. The first-order chi connectivity index (χ1) is 14.7. The minimum Gasteiger partial charge on any atom is -0.377 e. The largest absolute Gasteiger partial charge is 0.377 e. The summed E-state index contributed by atoms with van der Waals surface area (Å²) in [7, 11) is 0. The van der Waals surface area contributed by atoms with Crippen LogP contribution in [0.4, 0.5) is 5.82 Å². The second-order valence-electron chi connectivity index (χ2n) is 7.00. The van der Waals surface area contributed by atoms with E-state index in [-0.39, 0.29) is 23.2 Å². The fourth-order valence-corrected chi connectivity index (χ4v) is 3.58. The molecule has 0 aromatic carbocycles. The van der Waals surface area contributed by atoms with Gasteiger partial charge in [0.25, 0.3) is 11.1 Å². The third kappa shape index (κ3) is 3.35. The Balaban J connectivity index is 1.47. The molecule has 0 saturated carbocycles. The van der Waals surface area contributed by atoms with E-state index in [0.717, 1.165) is 5.56 Å². The van der Waals surface area contributed by atoms with Crippen molar-refractivity contribution in [1.29, 1.82) is 0 Å². The van der Waals surface area contributed by atoms with E-state index < -0.39 is 0 Å². The average molecular weight is 402 g/mol. The summed E-state index contributed by atoms with van der Waals surface area (Å²) >= 11 is 0. The summed E-state index contributed by atoms with van der Waals surface area (Å²) in [5.41, 5.74) is 1.67. The SMILES string of the molecule is O=c1ccc(-c2ccncc2)nn1C1COCC1Nc1cc(=O)n2ccccc2n1. The van der Waals surface area contributed by atoms with Crippen molar-refractivity contribution in [2.75, 3.05) is 18.5 Å². The Morgan fingerprint density at radius 3 is 2.73 bits per heavy atom. The molecule has 150 valence electrons. The van der Waals surface area contributed by atoms with E-state index in [1.807, 2.05) is 18.2 Å². The Kier molecular flexibility index (Phi) is 4.56. The molecule has 4 aromatic rings. The Hall–Kier alpha value is -3.85. The van der Waals surface area contributed by atoms with Crippen molar-refractivity contribution in [3.05, 3.63) is 87.8 Å². The number of nitrogens with zero attached hydrogens (tertiary/aromatic N) is 5. The zero-order valence-electron chi connectivity index (χ0n) is 15.9. The average Bonchev–Trinajstić information content (AvgIpc) is 3.22. The number of nitrogens with one attached hydrogen (secondary N) is 1. The maximum atomic E-state index is 12.6. The molecule has 2 atom stereocenters. The van der Waals surface area contributed by atoms with E-state index in [1.165, 1.54) is 21.2 Å². The predicted octanol–water partition coefficient (Wildman–Crippen LogP) is 1.37. The number of hydrogen-bond donors (Lipinski definition) is 1. The lowest BCUT2D eigenvalue weighted by Crippen LogP contribution is -2.37. The van der Waals surface area contributed by atoms with Gasteiger partial charge in [-0.25, -0.2) is 9.67 Å². The Bertz CT molecular complexity index is 1320. The molecule has 5 heterocycles. The zero-order chi connectivity index (χ0) is 20.5. The smallest absolute Gasteiger partial charge is 0.267 e. The maximum Gasteiger partial charge on any atom is 0.267 e. The minimum atomic E-state index is -0.338. The standard InChI is InChI=1S/C21H18N6O3/c28-20-5-4-15(14-6-8-22-9-7-14)25-27(20)17-13-30-12-16(17)23-18-11-21(29)26-10-2-1-3-19(26)24-18/h1-11,16-17,23H,12-13H2. The molecule has 1 saturated heterocycles. The summed E-state index contributed by atoms with van der Waals surface area (Å²) < 4.78 is 8.54. The Labute approximate surface area is 170 Å². The van der Waals surface area contributed by atoms with Crippen LogP contribution in [-0.4, -0.2) is 43.4 Å². The van der Waals surface area contributed by atoms with E-state index in [2.05, 4.69) is 20.4 Å². The molecule has 1 N–H and O–H groups in total. The molecule has 9 heteroatoms. The second kappa shape index (κ2) is 7.53. The van der Waals surface area contributed by atoms with Crippen molar-refractivity contribution in [1.82, 2.24) is 24.1 Å². The molecule has 5 rings (SSSR count). The molecule has 0 amide bonds. The number of rotatable bonds is 4. The lowest BCUT2D eigenvalue weighted by molar-refractivity contribution is 0.183. The van der Waals surface area contributed by atoms with Crippen LogP contribution in [0.25, 0.3) is 16.9 Å². The highest BCUT2D eigenvalue weighted by atomic mass is 16.5. The monoisotopic (exact) mass is 402 g/mol. The van der Waals surface area contributed by atoms with Gasteiger partial charge in [-0.05, 0) is 30.3 Å². The number of ether oxygens (including phenoxy) is 1. The first-order valence-corrected chi connectivity index (χ1v) is 9.52. The van der Waals surface area contributed by atoms with E-state index in [4.69, 9.17) is 4.74 Å². The minimum absolute atomic E-state index is 0.187. The first kappa shape index (κ1) is 18.2. The van der Waals surface area contributed by atoms with Crippen LogP contribution in [0, 0.1) is 0 Å². The van der Waals surface area contributed by atoms with E-state index in [1.54, 1.807) is 36.8 Å². The molecule has 0 aliphatic carbocycles. The van der Waals surface area contributed by atoms with Gasteiger partial charge >= 0.3 is 0 Å². The second-order valence-corrected chi connectivity index (χ2v) is 7.00. The molecule has 9 nitrogen and oxygen atoms in total. The molecule has 0 bridgehead atoms. The number of aromatic nitrogens is 5. The Morgan fingerprint density at radius 2 is 1.87 bits per heavy atom. The van der Waals surface area contributed by atoms with Gasteiger partial charge in [-0.15, -0.1) is 0 Å². The van der Waals surface area contributed by atoms with Crippen LogP contribution in [0.15, 0.2) is 76.7 Å². The van der Waals surface area contributed by atoms with Crippen LogP contribution < -0.4 is 16.4 Å². The van der Waals surface area contributed by atoms with Gasteiger partial charge in [0.05, 0.1) is 24.9 Å². The molecule has 1 aliphatic rings. The molecule has 30 heavy (non-hydrogen) atoms. The van der Waals surface area contributed by atoms with Crippen molar-refractivity contribution in [3.63, 3.8) is 0 Å². The number of anilines is 1. The van der Waals surface area contributed by atoms with Gasteiger partial charge < -0.3 is 10.1 Å². The number of pyridine rings is 2. The predicted molar refractivity (Wildman–Crippen MR) is 110 cm³/mol. The number of fused-ring (bicyclic) bond motifs is 1. The summed E-state index contributed by atoms with van der Waals surface area (Å²) in [4.78, 5) is 33.4. The molecule has 4 aromatic heterocycles. The molecule has 1 aliphatic heterocycles. The fourth-order valence-electron chi connectivity index (χ4n) is 3.58. The van der Waals surface area contributed by atoms with E-state index in [0.29, 0.717) is 30.4 Å². The summed E-state index contributed by atoms with van der Waals surface area (Å²) in [5, 5.41) is 7.80. The lowest BCUT2D eigenvalue weighted by Gasteiger charge is -2.21. The summed E-state index contributed by atoms with van der Waals surface area (Å²) in [5.74, 6) is 0.435. The highest BCUT2D eigenvalue weighted by Crippen LogP contribution is 2.22. The summed E-state index contributed by atoms with van der Waals surface area (Å²) in [6.45, 7) is 0.699. The van der Waals surface area contributed by atoms with Gasteiger partial charge in [0, 0.05) is 36.3 Å². The van der Waals surface area contributed by atoms with Gasteiger partial charge in [0.15, 0.2) is 0 Å². The van der Waals surface area contributed by atoms with Crippen molar-refractivity contribution < 1.29 is 4.74 Å². The maximum absolute atomic E-state index is 12.6. The first-order valence-electron chi connectivity index (χ1n) is 9.52. The topological polar surface area (TPSA) is 103 Å². The molecular formula is C21H18N6O3. The van der Waals surface area contributed by atoms with Crippen LogP contribution in [0.1, 0.15) is 6.04 Å². The molecule has 1 fully saturated rings. The fraction of sp³-hybridized carbons (Fsp3) is 0.190.